The smallest absolute Gasteiger partial charge is 0.235 e. The van der Waals surface area contributed by atoms with Crippen LogP contribution in [-0.2, 0) is 30.8 Å². The maximum Gasteiger partial charge on any atom is 0.235 e. The van der Waals surface area contributed by atoms with E-state index in [0.29, 0.717) is 45.5 Å². The first-order valence-electron chi connectivity index (χ1n) is 12.5. The molecule has 0 saturated carbocycles. The molecule has 1 N–H and O–H groups in total. The zero-order valence-electron chi connectivity index (χ0n) is 22.2. The zero-order valence-corrected chi connectivity index (χ0v) is 23.9. The lowest BCUT2D eigenvalue weighted by atomic mass is 9.72. The average Bonchev–Trinajstić information content (AvgIpc) is 3.45. The topological polar surface area (TPSA) is 102 Å². The van der Waals surface area contributed by atoms with Gasteiger partial charge in [-0.1, -0.05) is 50.7 Å². The van der Waals surface area contributed by atoms with Crippen LogP contribution in [-0.4, -0.2) is 33.5 Å². The van der Waals surface area contributed by atoms with Gasteiger partial charge in [0.2, 0.25) is 5.91 Å². The van der Waals surface area contributed by atoms with Gasteiger partial charge in [0.25, 0.3) is 0 Å². The monoisotopic (exact) mass is 551 g/mol. The van der Waals surface area contributed by atoms with Crippen molar-refractivity contribution in [3.8, 4) is 17.6 Å². The summed E-state index contributed by atoms with van der Waals surface area (Å²) in [5, 5.41) is 22.6. The summed E-state index contributed by atoms with van der Waals surface area (Å²) in [6, 6.07) is 9.73. The van der Waals surface area contributed by atoms with Gasteiger partial charge in [0.05, 0.1) is 18.4 Å². The fourth-order valence-electron chi connectivity index (χ4n) is 4.55. The molecule has 1 atom stereocenters. The van der Waals surface area contributed by atoms with E-state index in [0.717, 1.165) is 24.8 Å². The number of amides is 1. The third-order valence-corrected chi connectivity index (χ3v) is 8.85. The minimum absolute atomic E-state index is 0.140. The van der Waals surface area contributed by atoms with Crippen molar-refractivity contribution < 1.29 is 14.3 Å². The largest absolute Gasteiger partial charge is 0.493 e. The van der Waals surface area contributed by atoms with E-state index in [1.807, 2.05) is 28.8 Å². The van der Waals surface area contributed by atoms with Crippen molar-refractivity contribution in [1.29, 1.82) is 5.26 Å². The molecular formula is C28H33N5O3S2. The number of nitrogens with one attached hydrogen (secondary N) is 1. The lowest BCUT2D eigenvalue weighted by Gasteiger charge is -2.33. The van der Waals surface area contributed by atoms with Gasteiger partial charge in [-0.05, 0) is 48.3 Å². The van der Waals surface area contributed by atoms with Crippen molar-refractivity contribution in [3.05, 3.63) is 58.7 Å². The van der Waals surface area contributed by atoms with Crippen LogP contribution >= 0.6 is 23.1 Å². The first-order valence-corrected chi connectivity index (χ1v) is 14.3. The van der Waals surface area contributed by atoms with Crippen LogP contribution in [0.3, 0.4) is 0 Å². The molecule has 1 aliphatic carbocycles. The van der Waals surface area contributed by atoms with E-state index in [4.69, 9.17) is 9.47 Å². The van der Waals surface area contributed by atoms with Crippen molar-refractivity contribution in [2.75, 3.05) is 18.2 Å². The maximum atomic E-state index is 12.9. The molecule has 2 heterocycles. The lowest BCUT2D eigenvalue weighted by molar-refractivity contribution is -0.113. The van der Waals surface area contributed by atoms with E-state index in [2.05, 4.69) is 48.9 Å². The van der Waals surface area contributed by atoms with Gasteiger partial charge in [0, 0.05) is 11.4 Å². The highest BCUT2D eigenvalue weighted by molar-refractivity contribution is 7.99. The molecule has 0 fully saturated rings. The molecule has 10 heteroatoms. The Hall–Kier alpha value is -3.29. The number of aromatic nitrogens is 3. The summed E-state index contributed by atoms with van der Waals surface area (Å²) >= 11 is 2.83. The SMILES string of the molecule is C=CCn1c(COc2ccccc2OC)nnc1SCC(=O)Nc1sc2c(c1C#N)CC[C@@H](C(C)(C)C)C2. The molecule has 38 heavy (non-hydrogen) atoms. The van der Waals surface area contributed by atoms with Crippen molar-refractivity contribution >= 4 is 34.0 Å². The number of ether oxygens (including phenoxy) is 2. The van der Waals surface area contributed by atoms with E-state index in [-0.39, 0.29) is 23.7 Å². The zero-order chi connectivity index (χ0) is 27.3. The molecule has 4 rings (SSSR count). The normalized spacial score (nSPS) is 14.9. The molecule has 0 spiro atoms. The first kappa shape index (κ1) is 27.7. The Balaban J connectivity index is 1.41. The van der Waals surface area contributed by atoms with Crippen LogP contribution in [0.15, 0.2) is 42.1 Å². The number of benzene rings is 1. The summed E-state index contributed by atoms with van der Waals surface area (Å²) < 4.78 is 13.1. The van der Waals surface area contributed by atoms with Gasteiger partial charge in [-0.15, -0.1) is 28.1 Å². The molecule has 0 aliphatic heterocycles. The molecule has 3 aromatic rings. The molecule has 8 nitrogen and oxygen atoms in total. The van der Waals surface area contributed by atoms with Gasteiger partial charge in [-0.25, -0.2) is 0 Å². The Kier molecular flexibility index (Phi) is 8.80. The van der Waals surface area contributed by atoms with Crippen LogP contribution in [0.1, 0.15) is 49.0 Å². The summed E-state index contributed by atoms with van der Waals surface area (Å²) in [6.07, 6.45) is 4.65. The minimum atomic E-state index is -0.183. The van der Waals surface area contributed by atoms with E-state index < -0.39 is 0 Å². The van der Waals surface area contributed by atoms with Crippen LogP contribution in [0, 0.1) is 22.7 Å². The predicted molar refractivity (Wildman–Crippen MR) is 151 cm³/mol. The number of carbonyl (C=O) groups is 1. The van der Waals surface area contributed by atoms with Gasteiger partial charge in [-0.2, -0.15) is 5.26 Å². The highest BCUT2D eigenvalue weighted by Crippen LogP contribution is 2.44. The molecule has 0 radical (unpaired) electrons. The molecule has 2 aromatic heterocycles. The number of thioether (sulfide) groups is 1. The number of allylic oxidation sites excluding steroid dienone is 1. The van der Waals surface area contributed by atoms with Crippen LogP contribution in [0.5, 0.6) is 11.5 Å². The average molecular weight is 552 g/mol. The van der Waals surface area contributed by atoms with Crippen molar-refractivity contribution in [1.82, 2.24) is 14.8 Å². The molecule has 200 valence electrons. The summed E-state index contributed by atoms with van der Waals surface area (Å²) in [4.78, 5) is 14.1. The number of para-hydroxylation sites is 2. The molecular weight excluding hydrogens is 518 g/mol. The number of nitrogens with zero attached hydrogens (tertiary/aromatic N) is 4. The van der Waals surface area contributed by atoms with E-state index in [1.165, 1.54) is 16.6 Å². The van der Waals surface area contributed by atoms with Crippen LogP contribution in [0.2, 0.25) is 0 Å². The second-order valence-electron chi connectivity index (χ2n) is 10.2. The number of carbonyl (C=O) groups excluding carboxylic acids is 1. The van der Waals surface area contributed by atoms with Gasteiger partial charge in [0.1, 0.15) is 17.7 Å². The van der Waals surface area contributed by atoms with Gasteiger partial charge >= 0.3 is 0 Å². The summed E-state index contributed by atoms with van der Waals surface area (Å²) in [6.45, 7) is 11.3. The molecule has 0 unspecified atom stereocenters. The molecule has 0 saturated heterocycles. The Morgan fingerprint density at radius 1 is 1.34 bits per heavy atom. The number of hydrogen-bond donors (Lipinski definition) is 1. The fraction of sp³-hybridized carbons (Fsp3) is 0.429. The standard InChI is InChI=1S/C28H33N5O3S2/c1-6-13-33-24(16-36-22-10-8-7-9-21(22)35-5)31-32-27(33)37-17-25(34)30-26-20(15-29)19-12-11-18(28(2,3)4)14-23(19)38-26/h6-10,18H,1,11-14,16-17H2,2-5H3,(H,30,34)/t18-/m1/s1. The highest BCUT2D eigenvalue weighted by atomic mass is 32.2. The number of thiophene rings is 1. The number of anilines is 1. The minimum Gasteiger partial charge on any atom is -0.493 e. The Morgan fingerprint density at radius 2 is 2.11 bits per heavy atom. The Bertz CT molecular complexity index is 1350. The summed E-state index contributed by atoms with van der Waals surface area (Å²) in [7, 11) is 1.59. The molecule has 1 amide bonds. The van der Waals surface area contributed by atoms with Crippen LogP contribution < -0.4 is 14.8 Å². The van der Waals surface area contributed by atoms with Gasteiger partial charge in [-0.3, -0.25) is 9.36 Å². The third kappa shape index (κ3) is 6.22. The quantitative estimate of drug-likeness (QED) is 0.248. The number of fused-ring (bicyclic) bond motifs is 1. The third-order valence-electron chi connectivity index (χ3n) is 6.72. The lowest BCUT2D eigenvalue weighted by Crippen LogP contribution is -2.26. The predicted octanol–water partition coefficient (Wildman–Crippen LogP) is 5.87. The molecule has 1 aliphatic rings. The molecule has 0 bridgehead atoms. The number of hydrogen-bond acceptors (Lipinski definition) is 8. The Morgan fingerprint density at radius 3 is 2.79 bits per heavy atom. The highest BCUT2D eigenvalue weighted by Gasteiger charge is 2.32. The number of rotatable bonds is 10. The number of nitriles is 1. The first-order chi connectivity index (χ1) is 18.2. The van der Waals surface area contributed by atoms with Crippen LogP contribution in [0.25, 0.3) is 0 Å². The van der Waals surface area contributed by atoms with Crippen molar-refractivity contribution in [2.45, 2.75) is 58.3 Å². The van der Waals surface area contributed by atoms with Gasteiger partial charge in [0.15, 0.2) is 22.5 Å². The number of methoxy groups -OCH3 is 1. The van der Waals surface area contributed by atoms with Crippen molar-refractivity contribution in [3.63, 3.8) is 0 Å². The Labute approximate surface area is 232 Å². The molecule has 1 aromatic carbocycles. The summed E-state index contributed by atoms with van der Waals surface area (Å²) in [5.74, 6) is 2.38. The van der Waals surface area contributed by atoms with Crippen LogP contribution in [0.4, 0.5) is 5.00 Å². The van der Waals surface area contributed by atoms with Crippen molar-refractivity contribution in [2.24, 2.45) is 11.3 Å². The van der Waals surface area contributed by atoms with Gasteiger partial charge < -0.3 is 14.8 Å². The van der Waals surface area contributed by atoms with E-state index in [9.17, 15) is 10.1 Å². The second-order valence-corrected chi connectivity index (χ2v) is 12.2. The summed E-state index contributed by atoms with van der Waals surface area (Å²) in [5.41, 5.74) is 1.93. The maximum absolute atomic E-state index is 12.9. The van der Waals surface area contributed by atoms with E-state index in [1.54, 1.807) is 24.5 Å². The second kappa shape index (κ2) is 12.0. The van der Waals surface area contributed by atoms with E-state index >= 15 is 0 Å². The fourth-order valence-corrected chi connectivity index (χ4v) is 6.61.